The normalized spacial score (nSPS) is 14.2. The monoisotopic (exact) mass is 237 g/mol. The average Bonchev–Trinajstić information content (AvgIpc) is 2.82. The van der Waals surface area contributed by atoms with E-state index in [4.69, 9.17) is 5.26 Å². The van der Waals surface area contributed by atoms with Crippen LogP contribution in [0.4, 0.5) is 0 Å². The fraction of sp³-hybridized carbons (Fsp3) is 0.214. The number of hydrogen-bond acceptors (Lipinski definition) is 3. The Morgan fingerprint density at radius 2 is 1.94 bits per heavy atom. The van der Waals surface area contributed by atoms with Crippen LogP contribution in [0.3, 0.4) is 0 Å². The number of hydrogen-bond donors (Lipinski definition) is 1. The topological polar surface area (TPSA) is 69.5 Å². The van der Waals surface area contributed by atoms with Crippen molar-refractivity contribution in [1.29, 1.82) is 5.26 Å². The highest BCUT2D eigenvalue weighted by atomic mass is 16.1. The second-order valence-corrected chi connectivity index (χ2v) is 4.50. The summed E-state index contributed by atoms with van der Waals surface area (Å²) in [6, 6.07) is 10.1. The maximum absolute atomic E-state index is 11.6. The Hall–Kier alpha value is -2.41. The van der Waals surface area contributed by atoms with Crippen molar-refractivity contribution in [3.8, 4) is 6.07 Å². The van der Waals surface area contributed by atoms with Gasteiger partial charge in [-0.05, 0) is 24.0 Å². The van der Waals surface area contributed by atoms with Crippen molar-refractivity contribution < 1.29 is 0 Å². The molecule has 1 N–H and O–H groups in total. The molecule has 0 fully saturated rings. The van der Waals surface area contributed by atoms with Gasteiger partial charge < -0.3 is 4.98 Å². The zero-order valence-electron chi connectivity index (χ0n) is 9.68. The van der Waals surface area contributed by atoms with Crippen LogP contribution in [-0.2, 0) is 12.8 Å². The van der Waals surface area contributed by atoms with Crippen LogP contribution in [0.1, 0.15) is 28.4 Å². The number of aromatic amines is 1. The van der Waals surface area contributed by atoms with Gasteiger partial charge in [-0.15, -0.1) is 0 Å². The highest BCUT2D eigenvalue weighted by Gasteiger charge is 2.24. The van der Waals surface area contributed by atoms with Gasteiger partial charge in [0.2, 0.25) is 0 Å². The highest BCUT2D eigenvalue weighted by molar-refractivity contribution is 5.35. The first-order valence-electron chi connectivity index (χ1n) is 5.84. The lowest BCUT2D eigenvalue weighted by molar-refractivity contribution is 0.677. The number of nitriles is 1. The molecular weight excluding hydrogens is 226 g/mol. The van der Waals surface area contributed by atoms with E-state index < -0.39 is 0 Å². The third kappa shape index (κ3) is 1.70. The van der Waals surface area contributed by atoms with Crippen LogP contribution >= 0.6 is 0 Å². The Bertz CT molecular complexity index is 672. The quantitative estimate of drug-likeness (QED) is 0.817. The van der Waals surface area contributed by atoms with Crippen molar-refractivity contribution in [3.63, 3.8) is 0 Å². The number of H-pyrrole nitrogens is 1. The van der Waals surface area contributed by atoms with Crippen molar-refractivity contribution in [2.24, 2.45) is 0 Å². The van der Waals surface area contributed by atoms with Crippen LogP contribution in [-0.4, -0.2) is 9.97 Å². The number of nitrogens with one attached hydrogen (secondary N) is 1. The summed E-state index contributed by atoms with van der Waals surface area (Å²) in [6.45, 7) is 0. The minimum Gasteiger partial charge on any atom is -0.309 e. The number of aromatic nitrogens is 2. The van der Waals surface area contributed by atoms with Crippen LogP contribution in [0.5, 0.6) is 0 Å². The Morgan fingerprint density at radius 1 is 1.28 bits per heavy atom. The van der Waals surface area contributed by atoms with Gasteiger partial charge in [0.05, 0.1) is 6.20 Å². The molecule has 0 radical (unpaired) electrons. The van der Waals surface area contributed by atoms with Crippen LogP contribution in [0.25, 0.3) is 0 Å². The van der Waals surface area contributed by atoms with E-state index in [0.717, 1.165) is 12.8 Å². The van der Waals surface area contributed by atoms with E-state index >= 15 is 0 Å². The van der Waals surface area contributed by atoms with E-state index in [-0.39, 0.29) is 17.0 Å². The van der Waals surface area contributed by atoms with Crippen LogP contribution in [0.2, 0.25) is 0 Å². The first-order valence-corrected chi connectivity index (χ1v) is 5.84. The third-order valence-corrected chi connectivity index (χ3v) is 3.38. The first-order chi connectivity index (χ1) is 8.78. The van der Waals surface area contributed by atoms with Crippen molar-refractivity contribution in [2.45, 2.75) is 18.8 Å². The second kappa shape index (κ2) is 4.11. The highest BCUT2D eigenvalue weighted by Crippen LogP contribution is 2.31. The smallest absolute Gasteiger partial charge is 0.268 e. The molecule has 1 aromatic carbocycles. The van der Waals surface area contributed by atoms with Crippen LogP contribution in [0.15, 0.2) is 35.3 Å². The molecule has 2 aromatic rings. The lowest BCUT2D eigenvalue weighted by atomic mass is 10.1. The molecule has 1 aliphatic carbocycles. The van der Waals surface area contributed by atoms with Gasteiger partial charge in [-0.1, -0.05) is 24.3 Å². The lowest BCUT2D eigenvalue weighted by Gasteiger charge is -2.07. The molecule has 1 aliphatic rings. The molecule has 4 nitrogen and oxygen atoms in total. The molecule has 4 heteroatoms. The third-order valence-electron chi connectivity index (χ3n) is 3.38. The zero-order valence-corrected chi connectivity index (χ0v) is 9.68. The van der Waals surface area contributed by atoms with Crippen LogP contribution < -0.4 is 5.56 Å². The Balaban J connectivity index is 1.94. The van der Waals surface area contributed by atoms with E-state index in [9.17, 15) is 4.79 Å². The molecule has 0 aliphatic heterocycles. The van der Waals surface area contributed by atoms with Crippen molar-refractivity contribution in [1.82, 2.24) is 9.97 Å². The van der Waals surface area contributed by atoms with E-state index in [0.29, 0.717) is 5.82 Å². The average molecular weight is 237 g/mol. The molecule has 88 valence electrons. The Morgan fingerprint density at radius 3 is 2.50 bits per heavy atom. The van der Waals surface area contributed by atoms with Crippen LogP contribution in [0, 0.1) is 11.3 Å². The fourth-order valence-electron chi connectivity index (χ4n) is 2.45. The van der Waals surface area contributed by atoms with Gasteiger partial charge in [-0.25, -0.2) is 4.98 Å². The van der Waals surface area contributed by atoms with E-state index in [2.05, 4.69) is 22.1 Å². The predicted octanol–water partition coefficient (Wildman–Crippen LogP) is 1.52. The molecule has 0 bridgehead atoms. The molecular formula is C14H11N3O. The van der Waals surface area contributed by atoms with Gasteiger partial charge >= 0.3 is 0 Å². The summed E-state index contributed by atoms with van der Waals surface area (Å²) in [5.41, 5.74) is 2.34. The standard InChI is InChI=1S/C14H11N3O/c15-7-12-8-16-13(17-14(12)18)11-5-9-3-1-2-4-10(9)6-11/h1-4,8,11H,5-6H2,(H,16,17,18). The summed E-state index contributed by atoms with van der Waals surface area (Å²) in [6.07, 6.45) is 3.15. The SMILES string of the molecule is N#Cc1cnc(C2Cc3ccccc3C2)[nH]c1=O. The molecule has 1 aromatic heterocycles. The Kier molecular flexibility index (Phi) is 2.45. The first kappa shape index (κ1) is 10.7. The minimum atomic E-state index is -0.349. The van der Waals surface area contributed by atoms with E-state index in [1.807, 2.05) is 18.2 Å². The molecule has 3 rings (SSSR count). The van der Waals surface area contributed by atoms with E-state index in [1.54, 1.807) is 0 Å². The van der Waals surface area contributed by atoms with Crippen molar-refractivity contribution in [3.05, 3.63) is 63.3 Å². The maximum atomic E-state index is 11.6. The molecule has 1 heterocycles. The number of fused-ring (bicyclic) bond motifs is 1. The number of nitrogens with zero attached hydrogens (tertiary/aromatic N) is 2. The van der Waals surface area contributed by atoms with Crippen molar-refractivity contribution in [2.75, 3.05) is 0 Å². The zero-order chi connectivity index (χ0) is 12.5. The predicted molar refractivity (Wildman–Crippen MR) is 66.2 cm³/mol. The fourth-order valence-corrected chi connectivity index (χ4v) is 2.45. The number of rotatable bonds is 1. The maximum Gasteiger partial charge on any atom is 0.268 e. The molecule has 18 heavy (non-hydrogen) atoms. The lowest BCUT2D eigenvalue weighted by Crippen LogP contribution is -2.16. The summed E-state index contributed by atoms with van der Waals surface area (Å²) >= 11 is 0. The molecule has 0 atom stereocenters. The van der Waals surface area contributed by atoms with Gasteiger partial charge in [-0.2, -0.15) is 5.26 Å². The summed E-state index contributed by atoms with van der Waals surface area (Å²) in [7, 11) is 0. The molecule has 0 unspecified atom stereocenters. The second-order valence-electron chi connectivity index (χ2n) is 4.50. The summed E-state index contributed by atoms with van der Waals surface area (Å²) in [5.74, 6) is 0.887. The van der Waals surface area contributed by atoms with Gasteiger partial charge in [0.1, 0.15) is 17.5 Å². The Labute approximate surface area is 104 Å². The molecule has 0 saturated carbocycles. The van der Waals surface area contributed by atoms with Gasteiger partial charge in [-0.3, -0.25) is 4.79 Å². The summed E-state index contributed by atoms with van der Waals surface area (Å²) < 4.78 is 0. The van der Waals surface area contributed by atoms with Gasteiger partial charge in [0.25, 0.3) is 5.56 Å². The van der Waals surface area contributed by atoms with Gasteiger partial charge in [0.15, 0.2) is 0 Å². The largest absolute Gasteiger partial charge is 0.309 e. The molecule has 0 saturated heterocycles. The number of benzene rings is 1. The van der Waals surface area contributed by atoms with Gasteiger partial charge in [0, 0.05) is 5.92 Å². The molecule has 0 spiro atoms. The minimum absolute atomic E-state index is 0.0641. The summed E-state index contributed by atoms with van der Waals surface area (Å²) in [5, 5.41) is 8.71. The van der Waals surface area contributed by atoms with Crippen molar-refractivity contribution >= 4 is 0 Å². The van der Waals surface area contributed by atoms with E-state index in [1.165, 1.54) is 17.3 Å². The summed E-state index contributed by atoms with van der Waals surface area (Å²) in [4.78, 5) is 18.5. The molecule has 0 amide bonds.